The SMILES string of the molecule is COc1ccc(Nc2nc3sc4c(c3c(=O)n2C(C)C)CCCC4)cc1. The van der Waals surface area contributed by atoms with Crippen molar-refractivity contribution in [2.24, 2.45) is 0 Å². The van der Waals surface area contributed by atoms with E-state index in [1.165, 1.54) is 16.9 Å². The van der Waals surface area contributed by atoms with Crippen LogP contribution in [0.1, 0.15) is 43.2 Å². The molecule has 0 spiro atoms. The van der Waals surface area contributed by atoms with Crippen molar-refractivity contribution in [1.29, 1.82) is 0 Å². The summed E-state index contributed by atoms with van der Waals surface area (Å²) in [6, 6.07) is 7.67. The molecule has 5 nitrogen and oxygen atoms in total. The van der Waals surface area contributed by atoms with E-state index in [4.69, 9.17) is 9.72 Å². The summed E-state index contributed by atoms with van der Waals surface area (Å²) in [5.41, 5.74) is 2.19. The van der Waals surface area contributed by atoms with Crippen molar-refractivity contribution in [2.45, 2.75) is 45.6 Å². The molecule has 0 fully saturated rings. The van der Waals surface area contributed by atoms with Crippen LogP contribution in [-0.2, 0) is 12.8 Å². The van der Waals surface area contributed by atoms with Crippen LogP contribution in [0.3, 0.4) is 0 Å². The largest absolute Gasteiger partial charge is 0.497 e. The molecule has 0 saturated heterocycles. The van der Waals surface area contributed by atoms with E-state index in [2.05, 4.69) is 5.32 Å². The summed E-state index contributed by atoms with van der Waals surface area (Å²) in [6.45, 7) is 4.04. The van der Waals surface area contributed by atoms with E-state index >= 15 is 0 Å². The third-order valence-corrected chi connectivity index (χ3v) is 6.07. The Morgan fingerprint density at radius 3 is 2.62 bits per heavy atom. The third-order valence-electron chi connectivity index (χ3n) is 4.88. The molecular formula is C20H23N3O2S. The number of hydrogen-bond acceptors (Lipinski definition) is 5. The number of anilines is 2. The highest BCUT2D eigenvalue weighted by Crippen LogP contribution is 2.35. The van der Waals surface area contributed by atoms with Crippen LogP contribution in [0.2, 0.25) is 0 Å². The lowest BCUT2D eigenvalue weighted by Gasteiger charge is -2.17. The van der Waals surface area contributed by atoms with Gasteiger partial charge in [-0.2, -0.15) is 0 Å². The molecule has 26 heavy (non-hydrogen) atoms. The Morgan fingerprint density at radius 2 is 1.92 bits per heavy atom. The van der Waals surface area contributed by atoms with Gasteiger partial charge in [-0.1, -0.05) is 0 Å². The molecule has 0 saturated carbocycles. The van der Waals surface area contributed by atoms with Crippen LogP contribution in [0.4, 0.5) is 11.6 Å². The molecule has 1 aliphatic rings. The first-order chi connectivity index (χ1) is 12.6. The average Bonchev–Trinajstić information content (AvgIpc) is 3.00. The Hall–Kier alpha value is -2.34. The summed E-state index contributed by atoms with van der Waals surface area (Å²) >= 11 is 1.68. The molecule has 3 aromatic rings. The van der Waals surface area contributed by atoms with Gasteiger partial charge in [0.25, 0.3) is 5.56 Å². The molecule has 4 rings (SSSR count). The quantitative estimate of drug-likeness (QED) is 0.726. The number of rotatable bonds is 4. The highest BCUT2D eigenvalue weighted by molar-refractivity contribution is 7.18. The van der Waals surface area contributed by atoms with Gasteiger partial charge in [0.2, 0.25) is 5.95 Å². The number of benzene rings is 1. The summed E-state index contributed by atoms with van der Waals surface area (Å²) in [7, 11) is 1.65. The second-order valence-electron chi connectivity index (χ2n) is 6.95. The van der Waals surface area contributed by atoms with Gasteiger partial charge in [0.05, 0.1) is 12.5 Å². The summed E-state index contributed by atoms with van der Waals surface area (Å²) in [5, 5.41) is 4.15. The third kappa shape index (κ3) is 2.88. The van der Waals surface area contributed by atoms with Crippen LogP contribution >= 0.6 is 11.3 Å². The minimum atomic E-state index is 0.0271. The minimum Gasteiger partial charge on any atom is -0.497 e. The van der Waals surface area contributed by atoms with Crippen LogP contribution in [0, 0.1) is 0 Å². The summed E-state index contributed by atoms with van der Waals surface area (Å²) < 4.78 is 6.98. The first-order valence-corrected chi connectivity index (χ1v) is 9.88. The number of methoxy groups -OCH3 is 1. The summed E-state index contributed by atoms with van der Waals surface area (Å²) in [5.74, 6) is 1.40. The second kappa shape index (κ2) is 6.76. The van der Waals surface area contributed by atoms with Crippen molar-refractivity contribution < 1.29 is 4.74 Å². The van der Waals surface area contributed by atoms with E-state index in [-0.39, 0.29) is 11.6 Å². The smallest absolute Gasteiger partial charge is 0.264 e. The fourth-order valence-electron chi connectivity index (χ4n) is 3.59. The number of aryl methyl sites for hydroxylation is 2. The molecule has 0 bridgehead atoms. The number of nitrogens with one attached hydrogen (secondary N) is 1. The molecule has 0 amide bonds. The monoisotopic (exact) mass is 369 g/mol. The van der Waals surface area contributed by atoms with Gasteiger partial charge in [-0.15, -0.1) is 11.3 Å². The molecule has 2 heterocycles. The van der Waals surface area contributed by atoms with Crippen molar-refractivity contribution in [3.05, 3.63) is 45.1 Å². The first kappa shape index (κ1) is 17.1. The van der Waals surface area contributed by atoms with Gasteiger partial charge in [0.1, 0.15) is 10.6 Å². The maximum atomic E-state index is 13.3. The van der Waals surface area contributed by atoms with Crippen LogP contribution in [0.25, 0.3) is 10.2 Å². The standard InChI is InChI=1S/C20H23N3O2S/c1-12(2)23-19(24)17-15-6-4-5-7-16(15)26-18(17)22-20(23)21-13-8-10-14(25-3)11-9-13/h8-12H,4-7H2,1-3H3,(H,21,22). The van der Waals surface area contributed by atoms with Crippen LogP contribution in [-0.4, -0.2) is 16.7 Å². The Balaban J connectivity index is 1.85. The molecule has 0 aliphatic heterocycles. The number of nitrogens with zero attached hydrogens (tertiary/aromatic N) is 2. The van der Waals surface area contributed by atoms with E-state index in [1.54, 1.807) is 23.0 Å². The zero-order valence-electron chi connectivity index (χ0n) is 15.3. The summed E-state index contributed by atoms with van der Waals surface area (Å²) in [6.07, 6.45) is 4.43. The van der Waals surface area contributed by atoms with Crippen molar-refractivity contribution in [3.8, 4) is 5.75 Å². The Bertz CT molecular complexity index is 1000. The van der Waals surface area contributed by atoms with Crippen LogP contribution < -0.4 is 15.6 Å². The lowest BCUT2D eigenvalue weighted by Crippen LogP contribution is -2.26. The first-order valence-electron chi connectivity index (χ1n) is 9.06. The van der Waals surface area contributed by atoms with Gasteiger partial charge in [0, 0.05) is 16.6 Å². The molecule has 0 atom stereocenters. The number of hydrogen-bond donors (Lipinski definition) is 1. The molecule has 136 valence electrons. The minimum absolute atomic E-state index is 0.0271. The maximum Gasteiger partial charge on any atom is 0.264 e. The van der Waals surface area contributed by atoms with Crippen LogP contribution in [0.5, 0.6) is 5.75 Å². The number of aromatic nitrogens is 2. The van der Waals surface area contributed by atoms with Gasteiger partial charge in [-0.3, -0.25) is 9.36 Å². The maximum absolute atomic E-state index is 13.3. The van der Waals surface area contributed by atoms with Crippen molar-refractivity contribution in [3.63, 3.8) is 0 Å². The molecule has 1 aliphatic carbocycles. The number of thiophene rings is 1. The van der Waals surface area contributed by atoms with E-state index < -0.39 is 0 Å². The van der Waals surface area contributed by atoms with E-state index in [9.17, 15) is 4.79 Å². The Kier molecular flexibility index (Phi) is 4.44. The zero-order valence-corrected chi connectivity index (χ0v) is 16.2. The topological polar surface area (TPSA) is 56.1 Å². The normalized spacial score (nSPS) is 13.8. The average molecular weight is 369 g/mol. The number of fused-ring (bicyclic) bond motifs is 3. The predicted octanol–water partition coefficient (Wildman–Crippen LogP) is 4.67. The lowest BCUT2D eigenvalue weighted by atomic mass is 9.97. The fourth-order valence-corrected chi connectivity index (χ4v) is 4.84. The van der Waals surface area contributed by atoms with Gasteiger partial charge in [-0.05, 0) is 69.4 Å². The Morgan fingerprint density at radius 1 is 1.19 bits per heavy atom. The zero-order chi connectivity index (χ0) is 18.3. The highest BCUT2D eigenvalue weighted by atomic mass is 32.1. The fraction of sp³-hybridized carbons (Fsp3) is 0.400. The molecule has 0 radical (unpaired) electrons. The molecule has 6 heteroatoms. The van der Waals surface area contributed by atoms with Crippen LogP contribution in [0.15, 0.2) is 29.1 Å². The molecule has 2 aromatic heterocycles. The molecule has 1 aromatic carbocycles. The van der Waals surface area contributed by atoms with Crippen molar-refractivity contribution in [1.82, 2.24) is 9.55 Å². The van der Waals surface area contributed by atoms with E-state index in [0.29, 0.717) is 5.95 Å². The predicted molar refractivity (Wildman–Crippen MR) is 107 cm³/mol. The van der Waals surface area contributed by atoms with Gasteiger partial charge < -0.3 is 10.1 Å². The lowest BCUT2D eigenvalue weighted by molar-refractivity contribution is 0.415. The van der Waals surface area contributed by atoms with Gasteiger partial charge in [-0.25, -0.2) is 4.98 Å². The highest BCUT2D eigenvalue weighted by Gasteiger charge is 2.23. The van der Waals surface area contributed by atoms with Crippen molar-refractivity contribution >= 4 is 33.2 Å². The number of ether oxygens (including phenoxy) is 1. The summed E-state index contributed by atoms with van der Waals surface area (Å²) in [4.78, 5) is 20.3. The van der Waals surface area contributed by atoms with Gasteiger partial charge in [0.15, 0.2) is 0 Å². The molecule has 0 unspecified atom stereocenters. The molecule has 1 N–H and O–H groups in total. The molecular weight excluding hydrogens is 346 g/mol. The Labute approximate surface area is 156 Å². The van der Waals surface area contributed by atoms with Gasteiger partial charge >= 0.3 is 0 Å². The van der Waals surface area contributed by atoms with E-state index in [0.717, 1.165) is 40.9 Å². The van der Waals surface area contributed by atoms with E-state index in [1.807, 2.05) is 38.1 Å². The van der Waals surface area contributed by atoms with Crippen molar-refractivity contribution in [2.75, 3.05) is 12.4 Å². The second-order valence-corrected chi connectivity index (χ2v) is 8.03.